The minimum absolute atomic E-state index is 0.235. The molecule has 4 nitrogen and oxygen atoms in total. The Balaban J connectivity index is 1.91. The van der Waals surface area contributed by atoms with Crippen molar-refractivity contribution in [2.75, 3.05) is 13.1 Å². The Labute approximate surface area is 110 Å². The Kier molecular flexibility index (Phi) is 3.70. The molecule has 0 amide bonds. The standard InChI is InChI=1S/C14H26N2O2/c1-13(2)7-4-9-16(13)10-8-14(3,12(17)18)15-11-5-6-11/h11,15H,4-10H2,1-3H3,(H,17,18). The third kappa shape index (κ3) is 3.04. The summed E-state index contributed by atoms with van der Waals surface area (Å²) in [5, 5.41) is 12.7. The lowest BCUT2D eigenvalue weighted by atomic mass is 9.95. The Morgan fingerprint density at radius 3 is 2.61 bits per heavy atom. The van der Waals surface area contributed by atoms with Crippen molar-refractivity contribution >= 4 is 5.97 Å². The molecule has 104 valence electrons. The van der Waals surface area contributed by atoms with Crippen LogP contribution in [0.2, 0.25) is 0 Å². The first-order valence-corrected chi connectivity index (χ1v) is 7.10. The molecule has 0 bridgehead atoms. The first kappa shape index (κ1) is 13.8. The molecule has 1 heterocycles. The molecule has 1 unspecified atom stereocenters. The van der Waals surface area contributed by atoms with E-state index in [1.807, 2.05) is 6.92 Å². The van der Waals surface area contributed by atoms with E-state index in [-0.39, 0.29) is 5.54 Å². The van der Waals surface area contributed by atoms with Crippen LogP contribution >= 0.6 is 0 Å². The molecule has 4 heteroatoms. The van der Waals surface area contributed by atoms with E-state index in [1.165, 1.54) is 12.8 Å². The molecule has 1 saturated heterocycles. The van der Waals surface area contributed by atoms with Crippen molar-refractivity contribution in [3.05, 3.63) is 0 Å². The van der Waals surface area contributed by atoms with Crippen LogP contribution in [0.3, 0.4) is 0 Å². The van der Waals surface area contributed by atoms with Gasteiger partial charge in [-0.05, 0) is 59.4 Å². The van der Waals surface area contributed by atoms with E-state index in [0.29, 0.717) is 12.5 Å². The minimum Gasteiger partial charge on any atom is -0.480 e. The fourth-order valence-corrected chi connectivity index (χ4v) is 2.86. The van der Waals surface area contributed by atoms with Crippen molar-refractivity contribution in [1.82, 2.24) is 10.2 Å². The van der Waals surface area contributed by atoms with Gasteiger partial charge in [0.2, 0.25) is 0 Å². The molecule has 2 aliphatic rings. The van der Waals surface area contributed by atoms with Gasteiger partial charge in [0, 0.05) is 18.1 Å². The van der Waals surface area contributed by atoms with E-state index in [9.17, 15) is 9.90 Å². The number of carboxylic acids is 1. The molecule has 2 fully saturated rings. The fourth-order valence-electron chi connectivity index (χ4n) is 2.86. The number of carboxylic acid groups (broad SMARTS) is 1. The van der Waals surface area contributed by atoms with E-state index < -0.39 is 11.5 Å². The number of nitrogens with one attached hydrogen (secondary N) is 1. The predicted octanol–water partition coefficient (Wildman–Crippen LogP) is 1.85. The van der Waals surface area contributed by atoms with Crippen LogP contribution in [-0.4, -0.2) is 46.2 Å². The summed E-state index contributed by atoms with van der Waals surface area (Å²) in [6.45, 7) is 8.32. The van der Waals surface area contributed by atoms with E-state index in [4.69, 9.17) is 0 Å². The maximum Gasteiger partial charge on any atom is 0.323 e. The molecule has 1 aliphatic heterocycles. The second-order valence-corrected chi connectivity index (χ2v) is 6.71. The average Bonchev–Trinajstić information content (AvgIpc) is 2.99. The second kappa shape index (κ2) is 4.82. The quantitative estimate of drug-likeness (QED) is 0.759. The second-order valence-electron chi connectivity index (χ2n) is 6.71. The van der Waals surface area contributed by atoms with E-state index in [0.717, 1.165) is 25.9 Å². The van der Waals surface area contributed by atoms with E-state index in [2.05, 4.69) is 24.1 Å². The van der Waals surface area contributed by atoms with Crippen molar-refractivity contribution in [3.8, 4) is 0 Å². The maximum atomic E-state index is 11.5. The lowest BCUT2D eigenvalue weighted by molar-refractivity contribution is -0.144. The SMILES string of the molecule is CC(CCN1CCCC1(C)C)(NC1CC1)C(=O)O. The van der Waals surface area contributed by atoms with Crippen LogP contribution in [0, 0.1) is 0 Å². The lowest BCUT2D eigenvalue weighted by Gasteiger charge is -2.35. The lowest BCUT2D eigenvalue weighted by Crippen LogP contribution is -2.53. The Bertz CT molecular complexity index is 326. The van der Waals surface area contributed by atoms with Crippen LogP contribution in [0.1, 0.15) is 52.9 Å². The van der Waals surface area contributed by atoms with Crippen molar-refractivity contribution in [1.29, 1.82) is 0 Å². The molecule has 2 rings (SSSR count). The Hall–Kier alpha value is -0.610. The average molecular weight is 254 g/mol. The van der Waals surface area contributed by atoms with Gasteiger partial charge in [-0.25, -0.2) is 0 Å². The zero-order valence-electron chi connectivity index (χ0n) is 11.8. The number of likely N-dealkylation sites (tertiary alicyclic amines) is 1. The summed E-state index contributed by atoms with van der Waals surface area (Å²) >= 11 is 0. The molecular formula is C14H26N2O2. The van der Waals surface area contributed by atoms with E-state index >= 15 is 0 Å². The van der Waals surface area contributed by atoms with Crippen molar-refractivity contribution in [3.63, 3.8) is 0 Å². The molecule has 1 atom stereocenters. The van der Waals surface area contributed by atoms with Crippen molar-refractivity contribution in [2.45, 2.75) is 70.0 Å². The van der Waals surface area contributed by atoms with Crippen LogP contribution < -0.4 is 5.32 Å². The predicted molar refractivity (Wildman–Crippen MR) is 71.7 cm³/mol. The van der Waals surface area contributed by atoms with Gasteiger partial charge in [-0.3, -0.25) is 15.0 Å². The highest BCUT2D eigenvalue weighted by molar-refractivity contribution is 5.78. The minimum atomic E-state index is -0.764. The van der Waals surface area contributed by atoms with Crippen LogP contribution in [-0.2, 0) is 4.79 Å². The van der Waals surface area contributed by atoms with Crippen LogP contribution in [0.15, 0.2) is 0 Å². The van der Waals surface area contributed by atoms with Gasteiger partial charge in [0.15, 0.2) is 0 Å². The molecule has 0 radical (unpaired) electrons. The molecule has 0 aromatic heterocycles. The zero-order chi connectivity index (χ0) is 13.4. The molecular weight excluding hydrogens is 228 g/mol. The summed E-state index contributed by atoms with van der Waals surface area (Å²) in [5.41, 5.74) is -0.529. The number of rotatable bonds is 6. The highest BCUT2D eigenvalue weighted by Gasteiger charge is 2.40. The normalized spacial score (nSPS) is 27.1. The van der Waals surface area contributed by atoms with Crippen molar-refractivity contribution in [2.24, 2.45) is 0 Å². The Morgan fingerprint density at radius 1 is 1.50 bits per heavy atom. The third-order valence-corrected chi connectivity index (χ3v) is 4.53. The monoisotopic (exact) mass is 254 g/mol. The molecule has 18 heavy (non-hydrogen) atoms. The van der Waals surface area contributed by atoms with E-state index in [1.54, 1.807) is 0 Å². The van der Waals surface area contributed by atoms with Gasteiger partial charge < -0.3 is 5.11 Å². The smallest absolute Gasteiger partial charge is 0.323 e. The van der Waals surface area contributed by atoms with Crippen molar-refractivity contribution < 1.29 is 9.90 Å². The van der Waals surface area contributed by atoms with Gasteiger partial charge in [0.1, 0.15) is 5.54 Å². The number of aliphatic carboxylic acids is 1. The summed E-state index contributed by atoms with van der Waals surface area (Å²) in [7, 11) is 0. The fraction of sp³-hybridized carbons (Fsp3) is 0.929. The van der Waals surface area contributed by atoms with Gasteiger partial charge in [-0.2, -0.15) is 0 Å². The number of hydrogen-bond donors (Lipinski definition) is 2. The summed E-state index contributed by atoms with van der Waals surface area (Å²) in [4.78, 5) is 13.9. The highest BCUT2D eigenvalue weighted by Crippen LogP contribution is 2.30. The topological polar surface area (TPSA) is 52.6 Å². The van der Waals surface area contributed by atoms with Gasteiger partial charge in [0.05, 0.1) is 0 Å². The molecule has 1 saturated carbocycles. The Morgan fingerprint density at radius 2 is 2.17 bits per heavy atom. The van der Waals surface area contributed by atoms with Gasteiger partial charge >= 0.3 is 5.97 Å². The zero-order valence-corrected chi connectivity index (χ0v) is 11.8. The van der Waals surface area contributed by atoms with Gasteiger partial charge in [0.25, 0.3) is 0 Å². The first-order valence-electron chi connectivity index (χ1n) is 7.10. The van der Waals surface area contributed by atoms with Gasteiger partial charge in [-0.1, -0.05) is 0 Å². The molecule has 2 N–H and O–H groups in total. The third-order valence-electron chi connectivity index (χ3n) is 4.53. The summed E-state index contributed by atoms with van der Waals surface area (Å²) in [6.07, 6.45) is 5.37. The van der Waals surface area contributed by atoms with Gasteiger partial charge in [-0.15, -0.1) is 0 Å². The maximum absolute atomic E-state index is 11.5. The van der Waals surface area contributed by atoms with Crippen LogP contribution in [0.5, 0.6) is 0 Å². The summed E-state index contributed by atoms with van der Waals surface area (Å²) in [6, 6.07) is 0.428. The highest BCUT2D eigenvalue weighted by atomic mass is 16.4. The molecule has 0 aromatic carbocycles. The largest absolute Gasteiger partial charge is 0.480 e. The number of hydrogen-bond acceptors (Lipinski definition) is 3. The number of nitrogens with zero attached hydrogens (tertiary/aromatic N) is 1. The summed E-state index contributed by atoms with van der Waals surface area (Å²) < 4.78 is 0. The molecule has 0 spiro atoms. The molecule has 1 aliphatic carbocycles. The first-order chi connectivity index (χ1) is 8.33. The summed E-state index contributed by atoms with van der Waals surface area (Å²) in [5.74, 6) is -0.716. The van der Waals surface area contributed by atoms with Crippen LogP contribution in [0.4, 0.5) is 0 Å². The van der Waals surface area contributed by atoms with Crippen LogP contribution in [0.25, 0.3) is 0 Å². The number of carbonyl (C=O) groups is 1. The molecule has 0 aromatic rings.